The molecule has 0 unspecified atom stereocenters. The number of anilines is 2. The molecule has 0 spiro atoms. The zero-order valence-corrected chi connectivity index (χ0v) is 12.1. The Kier molecular flexibility index (Phi) is 6.36. The summed E-state index contributed by atoms with van der Waals surface area (Å²) in [5.41, 5.74) is 7.09. The molecule has 3 N–H and O–H groups in total. The van der Waals surface area contributed by atoms with Gasteiger partial charge in [-0.15, -0.1) is 0 Å². The Labute approximate surface area is 116 Å². The lowest BCUT2D eigenvalue weighted by atomic mass is 10.2. The van der Waals surface area contributed by atoms with Crippen LogP contribution in [0.4, 0.5) is 11.4 Å². The summed E-state index contributed by atoms with van der Waals surface area (Å²) < 4.78 is 0. The highest BCUT2D eigenvalue weighted by molar-refractivity contribution is 5.93. The van der Waals surface area contributed by atoms with Crippen molar-refractivity contribution in [1.29, 1.82) is 0 Å². The number of hydrogen-bond acceptors (Lipinski definition) is 3. The second kappa shape index (κ2) is 7.79. The van der Waals surface area contributed by atoms with Gasteiger partial charge in [0.05, 0.1) is 11.4 Å². The average molecular weight is 263 g/mol. The Hall–Kier alpha value is -1.55. The van der Waals surface area contributed by atoms with Crippen molar-refractivity contribution in [2.45, 2.75) is 27.2 Å². The van der Waals surface area contributed by atoms with Gasteiger partial charge in [-0.2, -0.15) is 0 Å². The molecule has 4 heteroatoms. The molecule has 0 saturated carbocycles. The van der Waals surface area contributed by atoms with Gasteiger partial charge in [-0.3, -0.25) is 4.79 Å². The second-order valence-electron chi connectivity index (χ2n) is 5.17. The molecule has 0 aromatic heterocycles. The lowest BCUT2D eigenvalue weighted by molar-refractivity contribution is -0.116. The lowest BCUT2D eigenvalue weighted by Gasteiger charge is -2.22. The molecule has 4 nitrogen and oxygen atoms in total. The number of amides is 1. The Bertz CT molecular complexity index is 404. The number of hydrogen-bond donors (Lipinski definition) is 2. The summed E-state index contributed by atoms with van der Waals surface area (Å²) in [6.07, 6.45) is 0.495. The molecule has 0 aliphatic heterocycles. The van der Waals surface area contributed by atoms with Crippen LogP contribution < -0.4 is 11.1 Å². The Balaban J connectivity index is 2.41. The van der Waals surface area contributed by atoms with Crippen molar-refractivity contribution in [2.75, 3.05) is 30.7 Å². The van der Waals surface area contributed by atoms with Crippen molar-refractivity contribution in [3.8, 4) is 0 Å². The fourth-order valence-corrected chi connectivity index (χ4v) is 1.98. The van der Waals surface area contributed by atoms with Gasteiger partial charge in [-0.25, -0.2) is 0 Å². The van der Waals surface area contributed by atoms with E-state index in [0.717, 1.165) is 19.6 Å². The molecule has 1 rings (SSSR count). The van der Waals surface area contributed by atoms with E-state index in [1.165, 1.54) is 0 Å². The summed E-state index contributed by atoms with van der Waals surface area (Å²) in [7, 11) is 0. The topological polar surface area (TPSA) is 58.4 Å². The Morgan fingerprint density at radius 3 is 2.63 bits per heavy atom. The van der Waals surface area contributed by atoms with E-state index in [4.69, 9.17) is 5.73 Å². The van der Waals surface area contributed by atoms with Crippen LogP contribution in [0.25, 0.3) is 0 Å². The van der Waals surface area contributed by atoms with Gasteiger partial charge in [-0.1, -0.05) is 32.9 Å². The molecular weight excluding hydrogens is 238 g/mol. The molecule has 0 atom stereocenters. The number of benzene rings is 1. The van der Waals surface area contributed by atoms with Gasteiger partial charge < -0.3 is 16.0 Å². The third-order valence-corrected chi connectivity index (χ3v) is 2.96. The second-order valence-corrected chi connectivity index (χ2v) is 5.17. The van der Waals surface area contributed by atoms with Crippen molar-refractivity contribution < 1.29 is 4.79 Å². The molecule has 0 bridgehead atoms. The standard InChI is InChI=1S/C15H25N3O/c1-4-18(11-12(2)3)10-9-15(19)17-14-8-6-5-7-13(14)16/h5-8,12H,4,9-11,16H2,1-3H3,(H,17,19). The third-order valence-electron chi connectivity index (χ3n) is 2.96. The van der Waals surface area contributed by atoms with Gasteiger partial charge in [0.25, 0.3) is 0 Å². The van der Waals surface area contributed by atoms with E-state index in [9.17, 15) is 4.79 Å². The van der Waals surface area contributed by atoms with Crippen LogP contribution in [0.2, 0.25) is 0 Å². The van der Waals surface area contributed by atoms with Crippen molar-refractivity contribution >= 4 is 17.3 Å². The summed E-state index contributed by atoms with van der Waals surface area (Å²) >= 11 is 0. The highest BCUT2D eigenvalue weighted by atomic mass is 16.1. The molecule has 1 amide bonds. The van der Waals surface area contributed by atoms with Gasteiger partial charge in [-0.05, 0) is 24.6 Å². The van der Waals surface area contributed by atoms with Crippen LogP contribution in [0.15, 0.2) is 24.3 Å². The van der Waals surface area contributed by atoms with Crippen LogP contribution >= 0.6 is 0 Å². The van der Waals surface area contributed by atoms with E-state index in [2.05, 4.69) is 31.0 Å². The number of carbonyl (C=O) groups is 1. The number of rotatable bonds is 7. The maximum Gasteiger partial charge on any atom is 0.225 e. The van der Waals surface area contributed by atoms with E-state index in [0.29, 0.717) is 23.7 Å². The van der Waals surface area contributed by atoms with E-state index < -0.39 is 0 Å². The van der Waals surface area contributed by atoms with Crippen LogP contribution in [-0.2, 0) is 4.79 Å². The SMILES string of the molecule is CCN(CCC(=O)Nc1ccccc1N)CC(C)C. The van der Waals surface area contributed by atoms with E-state index in [1.54, 1.807) is 6.07 Å². The van der Waals surface area contributed by atoms with Crippen LogP contribution in [0.5, 0.6) is 0 Å². The van der Waals surface area contributed by atoms with Gasteiger partial charge in [0.1, 0.15) is 0 Å². The summed E-state index contributed by atoms with van der Waals surface area (Å²) in [6.45, 7) is 9.28. The van der Waals surface area contributed by atoms with E-state index >= 15 is 0 Å². The molecule has 1 aromatic carbocycles. The summed E-state index contributed by atoms with van der Waals surface area (Å²) in [4.78, 5) is 14.2. The first-order valence-electron chi connectivity index (χ1n) is 6.89. The van der Waals surface area contributed by atoms with Gasteiger partial charge in [0, 0.05) is 19.5 Å². The minimum atomic E-state index is 0.0140. The molecule has 19 heavy (non-hydrogen) atoms. The van der Waals surface area contributed by atoms with Crippen LogP contribution in [0.3, 0.4) is 0 Å². The first kappa shape index (κ1) is 15.5. The third kappa shape index (κ3) is 5.75. The van der Waals surface area contributed by atoms with Crippen molar-refractivity contribution in [3.05, 3.63) is 24.3 Å². The lowest BCUT2D eigenvalue weighted by Crippen LogP contribution is -2.31. The Morgan fingerprint density at radius 2 is 2.05 bits per heavy atom. The quantitative estimate of drug-likeness (QED) is 0.743. The minimum Gasteiger partial charge on any atom is -0.397 e. The molecule has 106 valence electrons. The summed E-state index contributed by atoms with van der Waals surface area (Å²) in [6, 6.07) is 7.32. The zero-order valence-electron chi connectivity index (χ0n) is 12.1. The molecule has 0 fully saturated rings. The number of nitrogen functional groups attached to an aromatic ring is 1. The molecule has 0 aliphatic carbocycles. The smallest absolute Gasteiger partial charge is 0.225 e. The Morgan fingerprint density at radius 1 is 1.37 bits per heavy atom. The molecule has 0 aliphatic rings. The normalized spacial score (nSPS) is 11.0. The highest BCUT2D eigenvalue weighted by Gasteiger charge is 2.09. The van der Waals surface area contributed by atoms with Gasteiger partial charge in [0.15, 0.2) is 0 Å². The minimum absolute atomic E-state index is 0.0140. The zero-order chi connectivity index (χ0) is 14.3. The maximum atomic E-state index is 11.9. The van der Waals surface area contributed by atoms with Crippen molar-refractivity contribution in [2.24, 2.45) is 5.92 Å². The number of nitrogens with two attached hydrogens (primary N) is 1. The number of para-hydroxylation sites is 2. The number of nitrogens with one attached hydrogen (secondary N) is 1. The van der Waals surface area contributed by atoms with E-state index in [1.807, 2.05) is 18.2 Å². The number of nitrogens with zero attached hydrogens (tertiary/aromatic N) is 1. The first-order chi connectivity index (χ1) is 9.02. The van der Waals surface area contributed by atoms with Gasteiger partial charge >= 0.3 is 0 Å². The molecule has 0 saturated heterocycles. The predicted octanol–water partition coefficient (Wildman–Crippen LogP) is 2.58. The largest absolute Gasteiger partial charge is 0.397 e. The average Bonchev–Trinajstić information content (AvgIpc) is 2.37. The van der Waals surface area contributed by atoms with Crippen molar-refractivity contribution in [3.63, 3.8) is 0 Å². The van der Waals surface area contributed by atoms with Gasteiger partial charge in [0.2, 0.25) is 5.91 Å². The highest BCUT2D eigenvalue weighted by Crippen LogP contribution is 2.16. The molecule has 0 heterocycles. The summed E-state index contributed by atoms with van der Waals surface area (Å²) in [5, 5.41) is 2.85. The van der Waals surface area contributed by atoms with Crippen LogP contribution in [0.1, 0.15) is 27.2 Å². The molecule has 1 aromatic rings. The summed E-state index contributed by atoms with van der Waals surface area (Å²) in [5.74, 6) is 0.632. The monoisotopic (exact) mass is 263 g/mol. The predicted molar refractivity (Wildman–Crippen MR) is 81.1 cm³/mol. The van der Waals surface area contributed by atoms with Crippen LogP contribution in [0, 0.1) is 5.92 Å². The van der Waals surface area contributed by atoms with Crippen molar-refractivity contribution in [1.82, 2.24) is 4.90 Å². The fraction of sp³-hybridized carbons (Fsp3) is 0.533. The maximum absolute atomic E-state index is 11.9. The first-order valence-corrected chi connectivity index (χ1v) is 6.89. The fourth-order valence-electron chi connectivity index (χ4n) is 1.98. The molecule has 0 radical (unpaired) electrons. The van der Waals surface area contributed by atoms with Crippen LogP contribution in [-0.4, -0.2) is 30.4 Å². The van der Waals surface area contributed by atoms with E-state index in [-0.39, 0.29) is 5.91 Å². The number of carbonyl (C=O) groups excluding carboxylic acids is 1. The molecular formula is C15H25N3O.